The molecule has 156 valence electrons. The number of aromatic nitrogens is 2. The van der Waals surface area contributed by atoms with Crippen molar-refractivity contribution in [3.8, 4) is 0 Å². The number of benzene rings is 1. The normalized spacial score (nSPS) is 14.3. The van der Waals surface area contributed by atoms with Crippen LogP contribution in [-0.4, -0.2) is 40.2 Å². The Bertz CT molecular complexity index is 881. The average molecular weight is 426 g/mol. The van der Waals surface area contributed by atoms with Gasteiger partial charge in [-0.1, -0.05) is 30.3 Å². The number of anilines is 1. The van der Waals surface area contributed by atoms with E-state index in [1.807, 2.05) is 11.2 Å². The van der Waals surface area contributed by atoms with Crippen LogP contribution in [0.2, 0.25) is 0 Å². The second-order valence-electron chi connectivity index (χ2n) is 6.91. The molecule has 29 heavy (non-hydrogen) atoms. The Balaban J connectivity index is 1.89. The van der Waals surface area contributed by atoms with E-state index in [1.54, 1.807) is 19.2 Å². The number of alkyl halides is 3. The van der Waals surface area contributed by atoms with Gasteiger partial charge in [-0.25, -0.2) is 0 Å². The molecule has 0 bridgehead atoms. The van der Waals surface area contributed by atoms with Crippen molar-refractivity contribution >= 4 is 29.0 Å². The minimum atomic E-state index is -4.60. The summed E-state index contributed by atoms with van der Waals surface area (Å²) in [5.41, 5.74) is 0.869. The van der Waals surface area contributed by atoms with E-state index in [4.69, 9.17) is 0 Å². The average Bonchev–Trinajstić information content (AvgIpc) is 3.15. The molecule has 2 aromatic rings. The molecule has 1 aromatic carbocycles. The summed E-state index contributed by atoms with van der Waals surface area (Å²) in [7, 11) is 1.73. The van der Waals surface area contributed by atoms with Gasteiger partial charge in [0.05, 0.1) is 0 Å². The van der Waals surface area contributed by atoms with Gasteiger partial charge in [0.15, 0.2) is 11.3 Å². The minimum Gasteiger partial charge on any atom is -0.387 e. The fourth-order valence-corrected chi connectivity index (χ4v) is 3.92. The molecule has 6 nitrogen and oxygen atoms in total. The van der Waals surface area contributed by atoms with E-state index in [0.29, 0.717) is 23.0 Å². The predicted octanol–water partition coefficient (Wildman–Crippen LogP) is 4.20. The fraction of sp³-hybridized carbons (Fsp3) is 0.421. The van der Waals surface area contributed by atoms with Gasteiger partial charge in [-0.2, -0.15) is 18.3 Å². The predicted molar refractivity (Wildman–Crippen MR) is 104 cm³/mol. The molecule has 1 fully saturated rings. The van der Waals surface area contributed by atoms with E-state index in [1.165, 1.54) is 4.90 Å². The van der Waals surface area contributed by atoms with Gasteiger partial charge in [0.1, 0.15) is 5.69 Å². The van der Waals surface area contributed by atoms with Crippen LogP contribution in [0.4, 0.5) is 18.9 Å². The molecule has 1 saturated carbocycles. The standard InChI is InChI=1S/C19H21F3N4O2S/c1-23-14-7-3-6-13(17(14)29-11-27)10-26(9-12-4-2-5-12)18(28)15-8-16(25-24-15)19(20,21)22/h3,6-8,11-12,23H,2,4-5,9-10H2,1H3,(H,24,25). The zero-order chi connectivity index (χ0) is 21.0. The minimum absolute atomic E-state index is 0.176. The summed E-state index contributed by atoms with van der Waals surface area (Å²) in [5, 5.41) is 8.48. The van der Waals surface area contributed by atoms with E-state index in [9.17, 15) is 22.8 Å². The van der Waals surface area contributed by atoms with Gasteiger partial charge in [-0.3, -0.25) is 14.7 Å². The maximum absolute atomic E-state index is 13.0. The number of carbonyl (C=O) groups excluding carboxylic acids is 2. The summed E-state index contributed by atoms with van der Waals surface area (Å²) in [5.74, 6) is -0.254. The zero-order valence-electron chi connectivity index (χ0n) is 15.8. The van der Waals surface area contributed by atoms with Crippen LogP contribution >= 0.6 is 11.8 Å². The molecule has 0 radical (unpaired) electrons. The van der Waals surface area contributed by atoms with Crippen LogP contribution in [0.25, 0.3) is 0 Å². The number of thioether (sulfide) groups is 1. The molecule has 10 heteroatoms. The molecule has 1 heterocycles. The van der Waals surface area contributed by atoms with Crippen LogP contribution in [-0.2, 0) is 17.5 Å². The van der Waals surface area contributed by atoms with Gasteiger partial charge in [0.2, 0.25) is 0 Å². The van der Waals surface area contributed by atoms with Gasteiger partial charge in [0.25, 0.3) is 5.91 Å². The van der Waals surface area contributed by atoms with Crippen molar-refractivity contribution in [1.82, 2.24) is 15.1 Å². The molecule has 1 amide bonds. The second-order valence-corrected chi connectivity index (χ2v) is 7.74. The number of nitrogens with one attached hydrogen (secondary N) is 2. The molecule has 1 aliphatic carbocycles. The van der Waals surface area contributed by atoms with Crippen molar-refractivity contribution in [1.29, 1.82) is 0 Å². The van der Waals surface area contributed by atoms with E-state index >= 15 is 0 Å². The molecule has 1 aliphatic rings. The highest BCUT2D eigenvalue weighted by Crippen LogP contribution is 2.33. The highest BCUT2D eigenvalue weighted by atomic mass is 32.2. The number of hydrogen-bond donors (Lipinski definition) is 2. The number of H-pyrrole nitrogens is 1. The second kappa shape index (κ2) is 8.89. The Kier molecular flexibility index (Phi) is 6.51. The van der Waals surface area contributed by atoms with Gasteiger partial charge in [-0.15, -0.1) is 0 Å². The van der Waals surface area contributed by atoms with E-state index in [-0.39, 0.29) is 12.2 Å². The van der Waals surface area contributed by atoms with Crippen LogP contribution < -0.4 is 5.32 Å². The SMILES string of the molecule is CNc1cccc(CN(CC2CCC2)C(=O)c2cc(C(F)(F)F)[nH]n2)c1SC=O. The summed E-state index contributed by atoms with van der Waals surface area (Å²) in [6.45, 7) is 0.608. The highest BCUT2D eigenvalue weighted by Gasteiger charge is 2.35. The molecular weight excluding hydrogens is 405 g/mol. The third-order valence-corrected chi connectivity index (χ3v) is 5.80. The molecule has 2 N–H and O–H groups in total. The Labute approximate surface area is 170 Å². The number of carbonyl (C=O) groups is 2. The van der Waals surface area contributed by atoms with Crippen LogP contribution in [0.3, 0.4) is 0 Å². The van der Waals surface area contributed by atoms with Crippen LogP contribution in [0.1, 0.15) is 41.0 Å². The van der Waals surface area contributed by atoms with Crippen molar-refractivity contribution < 1.29 is 22.8 Å². The number of nitrogens with zero attached hydrogens (tertiary/aromatic N) is 2. The van der Waals surface area contributed by atoms with Crippen LogP contribution in [0, 0.1) is 5.92 Å². The number of amides is 1. The van der Waals surface area contributed by atoms with E-state index < -0.39 is 17.8 Å². The Morgan fingerprint density at radius 2 is 2.17 bits per heavy atom. The monoisotopic (exact) mass is 426 g/mol. The number of rotatable bonds is 8. The summed E-state index contributed by atoms with van der Waals surface area (Å²) >= 11 is 0.997. The lowest BCUT2D eigenvalue weighted by molar-refractivity contribution is -0.141. The summed E-state index contributed by atoms with van der Waals surface area (Å²) in [6, 6.07) is 6.16. The Morgan fingerprint density at radius 3 is 2.72 bits per heavy atom. The molecule has 0 unspecified atom stereocenters. The van der Waals surface area contributed by atoms with Gasteiger partial charge >= 0.3 is 6.18 Å². The van der Waals surface area contributed by atoms with Crippen LogP contribution in [0.15, 0.2) is 29.2 Å². The first-order valence-electron chi connectivity index (χ1n) is 9.15. The topological polar surface area (TPSA) is 78.1 Å². The molecule has 0 saturated heterocycles. The lowest BCUT2D eigenvalue weighted by atomic mass is 9.85. The number of aromatic amines is 1. The zero-order valence-corrected chi connectivity index (χ0v) is 16.6. The molecule has 0 aliphatic heterocycles. The first kappa shape index (κ1) is 21.2. The third kappa shape index (κ3) is 4.92. The highest BCUT2D eigenvalue weighted by molar-refractivity contribution is 8.12. The Morgan fingerprint density at radius 1 is 1.41 bits per heavy atom. The van der Waals surface area contributed by atoms with Crippen molar-refractivity contribution in [3.63, 3.8) is 0 Å². The van der Waals surface area contributed by atoms with E-state index in [0.717, 1.165) is 48.3 Å². The summed E-state index contributed by atoms with van der Waals surface area (Å²) in [4.78, 5) is 26.3. The quantitative estimate of drug-likeness (QED) is 0.489. The third-order valence-electron chi connectivity index (χ3n) is 4.99. The smallest absolute Gasteiger partial charge is 0.387 e. The van der Waals surface area contributed by atoms with Crippen molar-refractivity contribution in [2.45, 2.75) is 36.9 Å². The number of halogens is 3. The largest absolute Gasteiger partial charge is 0.432 e. The summed E-state index contributed by atoms with van der Waals surface area (Å²) in [6.07, 6.45) is -1.57. The Hall–Kier alpha value is -2.49. The first-order chi connectivity index (χ1) is 13.8. The van der Waals surface area contributed by atoms with Crippen LogP contribution in [0.5, 0.6) is 0 Å². The van der Waals surface area contributed by atoms with Gasteiger partial charge in [0, 0.05) is 36.8 Å². The number of hydrogen-bond acceptors (Lipinski definition) is 5. The lowest BCUT2D eigenvalue weighted by Crippen LogP contribution is -2.37. The maximum atomic E-state index is 13.0. The molecule has 3 rings (SSSR count). The molecule has 0 atom stereocenters. The van der Waals surface area contributed by atoms with Gasteiger partial charge in [-0.05, 0) is 30.4 Å². The molecule has 1 aromatic heterocycles. The van der Waals surface area contributed by atoms with Crippen molar-refractivity contribution in [2.24, 2.45) is 5.92 Å². The molecular formula is C19H21F3N4O2S. The lowest BCUT2D eigenvalue weighted by Gasteiger charge is -2.32. The fourth-order valence-electron chi connectivity index (χ4n) is 3.24. The van der Waals surface area contributed by atoms with Gasteiger partial charge < -0.3 is 10.2 Å². The molecule has 0 spiro atoms. The van der Waals surface area contributed by atoms with E-state index in [2.05, 4.69) is 10.4 Å². The van der Waals surface area contributed by atoms with Crippen molar-refractivity contribution in [3.05, 3.63) is 41.2 Å². The van der Waals surface area contributed by atoms with Crippen molar-refractivity contribution in [2.75, 3.05) is 18.9 Å². The maximum Gasteiger partial charge on any atom is 0.432 e. The first-order valence-corrected chi connectivity index (χ1v) is 10.0. The summed E-state index contributed by atoms with van der Waals surface area (Å²) < 4.78 is 38.6.